The predicted molar refractivity (Wildman–Crippen MR) is 125 cm³/mol. The van der Waals surface area contributed by atoms with Gasteiger partial charge in [0.2, 0.25) is 5.91 Å². The Bertz CT molecular complexity index is 1060. The van der Waals surface area contributed by atoms with E-state index in [1.165, 1.54) is 23.0 Å². The van der Waals surface area contributed by atoms with E-state index in [2.05, 4.69) is 30.2 Å². The number of nitrogens with zero attached hydrogens (tertiary/aromatic N) is 1. The van der Waals surface area contributed by atoms with Gasteiger partial charge in [0.25, 0.3) is 0 Å². The molecule has 0 radical (unpaired) electrons. The monoisotopic (exact) mass is 424 g/mol. The number of ether oxygens (including phenoxy) is 2. The minimum Gasteiger partial charge on any atom is -0.493 e. The molecule has 2 aromatic carbocycles. The number of thiazole rings is 1. The molecule has 0 atom stereocenters. The van der Waals surface area contributed by atoms with Crippen LogP contribution in [0, 0.1) is 13.8 Å². The molecule has 0 saturated carbocycles. The summed E-state index contributed by atoms with van der Waals surface area (Å²) in [4.78, 5) is 16.9. The molecule has 0 unspecified atom stereocenters. The van der Waals surface area contributed by atoms with Crippen molar-refractivity contribution in [2.24, 2.45) is 0 Å². The first-order valence-electron chi connectivity index (χ1n) is 10.2. The van der Waals surface area contributed by atoms with Gasteiger partial charge < -0.3 is 9.47 Å². The number of hydrogen-bond donors (Lipinski definition) is 1. The van der Waals surface area contributed by atoms with Gasteiger partial charge in [-0.05, 0) is 61.2 Å². The molecule has 158 valence electrons. The first kappa shape index (κ1) is 21.8. The minimum atomic E-state index is -0.220. The maximum atomic E-state index is 12.4. The lowest BCUT2D eigenvalue weighted by molar-refractivity contribution is -0.111. The SMILES string of the molecule is CCCCCOc1ccc(/C=C/C(=O)Nc2nc3c(C)c(C)ccc3s2)cc1OC. The van der Waals surface area contributed by atoms with Crippen LogP contribution in [0.4, 0.5) is 5.13 Å². The van der Waals surface area contributed by atoms with Crippen LogP contribution in [-0.4, -0.2) is 24.6 Å². The molecule has 3 aromatic rings. The normalized spacial score (nSPS) is 11.2. The number of carbonyl (C=O) groups excluding carboxylic acids is 1. The summed E-state index contributed by atoms with van der Waals surface area (Å²) in [5.41, 5.74) is 4.14. The van der Waals surface area contributed by atoms with Crippen LogP contribution in [0.3, 0.4) is 0 Å². The van der Waals surface area contributed by atoms with Crippen molar-refractivity contribution in [1.82, 2.24) is 4.98 Å². The van der Waals surface area contributed by atoms with Crippen LogP contribution in [0.2, 0.25) is 0 Å². The van der Waals surface area contributed by atoms with Crippen LogP contribution < -0.4 is 14.8 Å². The molecular weight excluding hydrogens is 396 g/mol. The second kappa shape index (κ2) is 10.3. The third kappa shape index (κ3) is 5.39. The summed E-state index contributed by atoms with van der Waals surface area (Å²) in [6, 6.07) is 9.76. The van der Waals surface area contributed by atoms with Crippen molar-refractivity contribution in [1.29, 1.82) is 0 Å². The minimum absolute atomic E-state index is 0.220. The van der Waals surface area contributed by atoms with Gasteiger partial charge in [-0.15, -0.1) is 0 Å². The highest BCUT2D eigenvalue weighted by Crippen LogP contribution is 2.30. The quantitative estimate of drug-likeness (QED) is 0.331. The zero-order valence-electron chi connectivity index (χ0n) is 18.0. The molecule has 0 bridgehead atoms. The molecule has 0 fully saturated rings. The lowest BCUT2D eigenvalue weighted by Crippen LogP contribution is -2.07. The standard InChI is InChI=1S/C24H28N2O3S/c1-5-6-7-14-29-19-11-9-18(15-20(19)28-4)10-13-22(27)25-24-26-23-17(3)16(2)8-12-21(23)30-24/h8-13,15H,5-7,14H2,1-4H3,(H,25,26,27)/b13-10+. The van der Waals surface area contributed by atoms with E-state index in [-0.39, 0.29) is 5.91 Å². The van der Waals surface area contributed by atoms with Gasteiger partial charge in [0.05, 0.1) is 23.9 Å². The summed E-state index contributed by atoms with van der Waals surface area (Å²) in [5, 5.41) is 3.45. The van der Waals surface area contributed by atoms with Gasteiger partial charge >= 0.3 is 0 Å². The number of benzene rings is 2. The topological polar surface area (TPSA) is 60.5 Å². The first-order valence-corrected chi connectivity index (χ1v) is 11.0. The van der Waals surface area contributed by atoms with E-state index in [0.29, 0.717) is 17.5 Å². The van der Waals surface area contributed by atoms with Crippen LogP contribution in [0.25, 0.3) is 16.3 Å². The summed E-state index contributed by atoms with van der Waals surface area (Å²) in [7, 11) is 1.62. The lowest BCUT2D eigenvalue weighted by atomic mass is 10.1. The van der Waals surface area contributed by atoms with Gasteiger partial charge in [0.15, 0.2) is 16.6 Å². The summed E-state index contributed by atoms with van der Waals surface area (Å²) in [5.74, 6) is 1.16. The number of hydrogen-bond acceptors (Lipinski definition) is 5. The van der Waals surface area contributed by atoms with E-state index in [1.54, 1.807) is 13.2 Å². The Morgan fingerprint density at radius 2 is 2.00 bits per heavy atom. The molecule has 0 aliphatic carbocycles. The predicted octanol–water partition coefficient (Wildman–Crippen LogP) is 6.14. The van der Waals surface area contributed by atoms with Crippen molar-refractivity contribution >= 4 is 38.7 Å². The zero-order chi connectivity index (χ0) is 21.5. The highest BCUT2D eigenvalue weighted by molar-refractivity contribution is 7.22. The number of amides is 1. The van der Waals surface area contributed by atoms with Crippen LogP contribution in [0.15, 0.2) is 36.4 Å². The van der Waals surface area contributed by atoms with Crippen LogP contribution in [0.5, 0.6) is 11.5 Å². The number of aryl methyl sites for hydroxylation is 2. The Morgan fingerprint density at radius 3 is 2.77 bits per heavy atom. The molecule has 1 amide bonds. The Morgan fingerprint density at radius 1 is 1.17 bits per heavy atom. The lowest BCUT2D eigenvalue weighted by Gasteiger charge is -2.11. The Kier molecular flexibility index (Phi) is 7.46. The molecule has 1 N–H and O–H groups in total. The molecule has 1 heterocycles. The van der Waals surface area contributed by atoms with E-state index >= 15 is 0 Å². The average Bonchev–Trinajstić information content (AvgIpc) is 3.16. The number of nitrogens with one attached hydrogen (secondary N) is 1. The molecule has 6 heteroatoms. The van der Waals surface area contributed by atoms with E-state index < -0.39 is 0 Å². The van der Waals surface area contributed by atoms with Crippen molar-refractivity contribution in [3.05, 3.63) is 53.1 Å². The fraction of sp³-hybridized carbons (Fsp3) is 0.333. The van der Waals surface area contributed by atoms with Gasteiger partial charge in [0.1, 0.15) is 0 Å². The molecule has 0 aliphatic heterocycles. The molecule has 0 spiro atoms. The fourth-order valence-corrected chi connectivity index (χ4v) is 3.97. The molecule has 1 aromatic heterocycles. The number of unbranched alkanes of at least 4 members (excludes halogenated alkanes) is 2. The number of methoxy groups -OCH3 is 1. The number of anilines is 1. The number of carbonyl (C=O) groups is 1. The van der Waals surface area contributed by atoms with Crippen molar-refractivity contribution in [2.75, 3.05) is 19.0 Å². The fourth-order valence-electron chi connectivity index (χ4n) is 3.04. The number of aromatic nitrogens is 1. The van der Waals surface area contributed by atoms with Crippen molar-refractivity contribution < 1.29 is 14.3 Å². The molecule has 3 rings (SSSR count). The second-order valence-electron chi connectivity index (χ2n) is 7.16. The van der Waals surface area contributed by atoms with E-state index in [1.807, 2.05) is 31.2 Å². The summed E-state index contributed by atoms with van der Waals surface area (Å²) >= 11 is 1.48. The van der Waals surface area contributed by atoms with Crippen LogP contribution in [0.1, 0.15) is 42.9 Å². The number of fused-ring (bicyclic) bond motifs is 1. The van der Waals surface area contributed by atoms with E-state index in [9.17, 15) is 4.79 Å². The highest BCUT2D eigenvalue weighted by atomic mass is 32.1. The van der Waals surface area contributed by atoms with Crippen LogP contribution >= 0.6 is 11.3 Å². The summed E-state index contributed by atoms with van der Waals surface area (Å²) in [6.45, 7) is 6.94. The largest absolute Gasteiger partial charge is 0.493 e. The second-order valence-corrected chi connectivity index (χ2v) is 8.19. The average molecular weight is 425 g/mol. The highest BCUT2D eigenvalue weighted by Gasteiger charge is 2.09. The molecule has 30 heavy (non-hydrogen) atoms. The van der Waals surface area contributed by atoms with Gasteiger partial charge in [-0.25, -0.2) is 4.98 Å². The van der Waals surface area contributed by atoms with Gasteiger partial charge in [-0.3, -0.25) is 10.1 Å². The third-order valence-corrected chi connectivity index (χ3v) is 5.87. The third-order valence-electron chi connectivity index (χ3n) is 4.94. The van der Waals surface area contributed by atoms with Crippen LogP contribution in [-0.2, 0) is 4.79 Å². The Balaban J connectivity index is 1.65. The van der Waals surface area contributed by atoms with Gasteiger partial charge in [-0.2, -0.15) is 0 Å². The molecule has 5 nitrogen and oxygen atoms in total. The van der Waals surface area contributed by atoms with Crippen molar-refractivity contribution in [3.8, 4) is 11.5 Å². The van der Waals surface area contributed by atoms with Gasteiger partial charge in [0, 0.05) is 6.08 Å². The van der Waals surface area contributed by atoms with Crippen molar-refractivity contribution in [3.63, 3.8) is 0 Å². The summed E-state index contributed by atoms with van der Waals surface area (Å²) < 4.78 is 12.3. The maximum absolute atomic E-state index is 12.4. The van der Waals surface area contributed by atoms with Crippen molar-refractivity contribution in [2.45, 2.75) is 40.0 Å². The Labute approximate surface area is 181 Å². The van der Waals surface area contributed by atoms with E-state index in [0.717, 1.165) is 46.4 Å². The zero-order valence-corrected chi connectivity index (χ0v) is 18.8. The van der Waals surface area contributed by atoms with Gasteiger partial charge in [-0.1, -0.05) is 43.2 Å². The number of rotatable bonds is 9. The summed E-state index contributed by atoms with van der Waals surface area (Å²) in [6.07, 6.45) is 6.57. The first-order chi connectivity index (χ1) is 14.5. The van der Waals surface area contributed by atoms with E-state index in [4.69, 9.17) is 9.47 Å². The molecular formula is C24H28N2O3S. The molecule has 0 saturated heterocycles. The molecule has 0 aliphatic rings. The smallest absolute Gasteiger partial charge is 0.250 e. The maximum Gasteiger partial charge on any atom is 0.250 e. The Hall–Kier alpha value is -2.86.